The first-order valence-electron chi connectivity index (χ1n) is 24.9. The van der Waals surface area contributed by atoms with E-state index in [4.69, 9.17) is 0 Å². The zero-order chi connectivity index (χ0) is 43.6. The highest BCUT2D eigenvalue weighted by atomic mass is 15.3. The van der Waals surface area contributed by atoms with Gasteiger partial charge in [0, 0.05) is 38.9 Å². The fraction of sp³-hybridized carbons (Fsp3) is 0.270. The van der Waals surface area contributed by atoms with Crippen LogP contribution in [0.2, 0.25) is 0 Å². The second-order valence-corrected chi connectivity index (χ2v) is 19.8. The van der Waals surface area contributed by atoms with Gasteiger partial charge in [0.15, 0.2) is 0 Å². The summed E-state index contributed by atoms with van der Waals surface area (Å²) >= 11 is 0. The van der Waals surface area contributed by atoms with Gasteiger partial charge < -0.3 is 9.47 Å². The standard InChI is InChI=1S/C63H58N2/c1-5-9-39-63(38-8-4)51-29-15-11-21-41(51)45-25-19-27-47(59(45)63)43-33-35-55-61-57(43)49-23-13-17-31-53(49)65(61)54-34-32-42(56-48-22-12-16-30-52(48)64(55)60(54)56)46-26-18-24-44-40-20-10-14-28-50(40)62(36-6-2,37-7-3)58(44)46/h10-35,56,60H,5-9,36-39H2,1-4H3. The van der Waals surface area contributed by atoms with E-state index in [0.717, 1.165) is 38.5 Å². The lowest BCUT2D eigenvalue weighted by Crippen LogP contribution is -2.38. The Morgan fingerprint density at radius 2 is 1.03 bits per heavy atom. The molecule has 0 radical (unpaired) electrons. The number of nitrogens with zero attached hydrogens (tertiary/aromatic N) is 2. The second-order valence-electron chi connectivity index (χ2n) is 19.8. The normalized spacial score (nSPS) is 20.0. The quantitative estimate of drug-likeness (QED) is 0.126. The lowest BCUT2D eigenvalue weighted by Gasteiger charge is -2.41. The van der Waals surface area contributed by atoms with Crippen LogP contribution in [0.15, 0.2) is 158 Å². The van der Waals surface area contributed by atoms with Crippen molar-refractivity contribution >= 4 is 44.5 Å². The van der Waals surface area contributed by atoms with Crippen LogP contribution < -0.4 is 4.90 Å². The summed E-state index contributed by atoms with van der Waals surface area (Å²) in [5.41, 5.74) is 25.7. The predicted molar refractivity (Wildman–Crippen MR) is 275 cm³/mol. The van der Waals surface area contributed by atoms with E-state index in [1.54, 1.807) is 11.1 Å². The largest absolute Gasteiger partial charge is 0.329 e. The van der Waals surface area contributed by atoms with Crippen molar-refractivity contribution in [2.45, 2.75) is 108 Å². The minimum absolute atomic E-state index is 0.00272. The van der Waals surface area contributed by atoms with Crippen LogP contribution in [-0.4, -0.2) is 10.6 Å². The number of fused-ring (bicyclic) bond motifs is 14. The molecule has 0 bridgehead atoms. The fourth-order valence-corrected chi connectivity index (χ4v) is 14.6. The molecule has 0 N–H and O–H groups in total. The van der Waals surface area contributed by atoms with Gasteiger partial charge in [-0.3, -0.25) is 0 Å². The minimum atomic E-state index is -0.0160. The van der Waals surface area contributed by atoms with E-state index in [1.807, 2.05) is 0 Å². The Hall–Kier alpha value is -6.38. The number of para-hydroxylation sites is 2. The molecule has 0 amide bonds. The topological polar surface area (TPSA) is 8.17 Å². The highest BCUT2D eigenvalue weighted by Crippen LogP contribution is 2.64. The van der Waals surface area contributed by atoms with Crippen molar-refractivity contribution in [2.75, 3.05) is 4.90 Å². The lowest BCUT2D eigenvalue weighted by molar-refractivity contribution is 0.425. The highest BCUT2D eigenvalue weighted by molar-refractivity contribution is 6.22. The average molecular weight is 843 g/mol. The first-order chi connectivity index (χ1) is 32.1. The SMILES string of the molecule is CCCCC1(CCC)c2ccccc2-c2cccc(-c3ccc4c5c3c3ccccc3n5C3=CC=C(c5cccc6c5C(CCC)(CCC)c5ccccc5-6)C5c6ccccc6N4C35)c21. The molecule has 0 saturated heterocycles. The zero-order valence-electron chi connectivity index (χ0n) is 38.4. The minimum Gasteiger partial charge on any atom is -0.329 e. The van der Waals surface area contributed by atoms with Crippen molar-refractivity contribution < 1.29 is 0 Å². The van der Waals surface area contributed by atoms with Crippen LogP contribution in [0.4, 0.5) is 11.4 Å². The second kappa shape index (κ2) is 14.6. The summed E-state index contributed by atoms with van der Waals surface area (Å²) in [6.45, 7) is 9.50. The van der Waals surface area contributed by atoms with Crippen LogP contribution in [-0.2, 0) is 10.8 Å². The summed E-state index contributed by atoms with van der Waals surface area (Å²) in [4.78, 5) is 2.75. The van der Waals surface area contributed by atoms with Crippen molar-refractivity contribution in [1.82, 2.24) is 4.57 Å². The van der Waals surface area contributed by atoms with Crippen LogP contribution in [0.3, 0.4) is 0 Å². The summed E-state index contributed by atoms with van der Waals surface area (Å²) in [6.07, 6.45) is 15.6. The van der Waals surface area contributed by atoms with E-state index >= 15 is 0 Å². The average Bonchev–Trinajstić information content (AvgIpc) is 4.05. The number of rotatable bonds is 11. The van der Waals surface area contributed by atoms with Gasteiger partial charge in [-0.1, -0.05) is 193 Å². The number of benzene rings is 7. The summed E-state index contributed by atoms with van der Waals surface area (Å²) in [6, 6.07) is 56.9. The molecule has 3 aliphatic carbocycles. The van der Waals surface area contributed by atoms with E-state index in [0.29, 0.717) is 0 Å². The summed E-state index contributed by atoms with van der Waals surface area (Å²) in [7, 11) is 0. The smallest absolute Gasteiger partial charge is 0.0857 e. The molecule has 320 valence electrons. The molecule has 3 unspecified atom stereocenters. The summed E-state index contributed by atoms with van der Waals surface area (Å²) in [5, 5.41) is 2.72. The Labute approximate surface area is 385 Å². The van der Waals surface area contributed by atoms with Gasteiger partial charge in [0.05, 0.1) is 22.8 Å². The molecule has 0 spiro atoms. The van der Waals surface area contributed by atoms with Crippen molar-refractivity contribution in [2.24, 2.45) is 0 Å². The maximum Gasteiger partial charge on any atom is 0.0857 e. The van der Waals surface area contributed by atoms with E-state index < -0.39 is 0 Å². The molecule has 0 fully saturated rings. The molecule has 3 heterocycles. The van der Waals surface area contributed by atoms with Crippen LogP contribution in [0, 0.1) is 0 Å². The van der Waals surface area contributed by atoms with Crippen molar-refractivity contribution in [3.8, 4) is 33.4 Å². The molecular formula is C63H58N2. The molecule has 13 rings (SSSR count). The number of aromatic nitrogens is 1. The van der Waals surface area contributed by atoms with Crippen LogP contribution in [0.5, 0.6) is 0 Å². The van der Waals surface area contributed by atoms with Crippen LogP contribution >= 0.6 is 0 Å². The number of anilines is 2. The highest BCUT2D eigenvalue weighted by Gasteiger charge is 2.51. The molecule has 3 atom stereocenters. The number of unbranched alkanes of at least 4 members (excludes halogenated alkanes) is 1. The van der Waals surface area contributed by atoms with Crippen molar-refractivity contribution in [3.63, 3.8) is 0 Å². The third-order valence-corrected chi connectivity index (χ3v) is 16.6. The molecule has 5 aliphatic rings. The predicted octanol–water partition coefficient (Wildman–Crippen LogP) is 17.1. The Balaban J connectivity index is 1.08. The molecule has 1 aromatic heterocycles. The van der Waals surface area contributed by atoms with Crippen molar-refractivity contribution in [1.29, 1.82) is 0 Å². The molecule has 0 saturated carbocycles. The first kappa shape index (κ1) is 39.0. The van der Waals surface area contributed by atoms with Gasteiger partial charge in [0.25, 0.3) is 0 Å². The summed E-state index contributed by atoms with van der Waals surface area (Å²) in [5.74, 6) is 0.176. The van der Waals surface area contributed by atoms with Gasteiger partial charge >= 0.3 is 0 Å². The van der Waals surface area contributed by atoms with E-state index in [-0.39, 0.29) is 22.8 Å². The molecular weight excluding hydrogens is 785 g/mol. The molecule has 7 aromatic carbocycles. The molecule has 2 nitrogen and oxygen atoms in total. The van der Waals surface area contributed by atoms with E-state index in [2.05, 4.69) is 195 Å². The van der Waals surface area contributed by atoms with Gasteiger partial charge in [-0.05, 0) is 122 Å². The Morgan fingerprint density at radius 1 is 0.462 bits per heavy atom. The maximum atomic E-state index is 2.75. The number of hydrogen-bond donors (Lipinski definition) is 0. The lowest BCUT2D eigenvalue weighted by atomic mass is 9.67. The van der Waals surface area contributed by atoms with Gasteiger partial charge in [-0.25, -0.2) is 0 Å². The Kier molecular flexibility index (Phi) is 8.74. The maximum absolute atomic E-state index is 2.75. The third kappa shape index (κ3) is 5.01. The fourth-order valence-electron chi connectivity index (χ4n) is 14.6. The Bertz CT molecular complexity index is 3330. The zero-order valence-corrected chi connectivity index (χ0v) is 38.4. The van der Waals surface area contributed by atoms with Gasteiger partial charge in [0.1, 0.15) is 0 Å². The van der Waals surface area contributed by atoms with E-state index in [9.17, 15) is 0 Å². The summed E-state index contributed by atoms with van der Waals surface area (Å²) < 4.78 is 2.69. The first-order valence-corrected chi connectivity index (χ1v) is 24.9. The van der Waals surface area contributed by atoms with Crippen LogP contribution in [0.25, 0.3) is 66.5 Å². The monoisotopic (exact) mass is 842 g/mol. The van der Waals surface area contributed by atoms with E-state index in [1.165, 1.54) is 119 Å². The van der Waals surface area contributed by atoms with Crippen molar-refractivity contribution in [3.05, 3.63) is 191 Å². The molecule has 8 aromatic rings. The van der Waals surface area contributed by atoms with Gasteiger partial charge in [-0.15, -0.1) is 0 Å². The molecule has 2 heteroatoms. The van der Waals surface area contributed by atoms with Gasteiger partial charge in [0.2, 0.25) is 0 Å². The third-order valence-electron chi connectivity index (χ3n) is 16.6. The number of hydrogen-bond acceptors (Lipinski definition) is 1. The van der Waals surface area contributed by atoms with Gasteiger partial charge in [-0.2, -0.15) is 0 Å². The van der Waals surface area contributed by atoms with Crippen LogP contribution in [0.1, 0.15) is 125 Å². The Morgan fingerprint density at radius 3 is 1.72 bits per heavy atom. The number of allylic oxidation sites excluding steroid dienone is 2. The molecule has 2 aliphatic heterocycles. The molecule has 65 heavy (non-hydrogen) atoms.